The molecule has 0 saturated carbocycles. The molecule has 5 nitrogen and oxygen atoms in total. The molecule has 0 fully saturated rings. The second-order valence-corrected chi connectivity index (χ2v) is 5.92. The van der Waals surface area contributed by atoms with E-state index in [2.05, 4.69) is 26.2 Å². The first-order valence-electron chi connectivity index (χ1n) is 5.85. The molecule has 1 atom stereocenters. The van der Waals surface area contributed by atoms with Crippen LogP contribution in [0.1, 0.15) is 38.2 Å². The summed E-state index contributed by atoms with van der Waals surface area (Å²) < 4.78 is 5.75. The molecule has 0 unspecified atom stereocenters. The SMILES string of the molecule is C[C@H](NC(=O)c1ncccc1Br)C(=O)OC(C)(C)C. The molecule has 1 heterocycles. The van der Waals surface area contributed by atoms with E-state index in [1.165, 1.54) is 6.20 Å². The minimum absolute atomic E-state index is 0.234. The van der Waals surface area contributed by atoms with Crippen LogP contribution in [0.15, 0.2) is 22.8 Å². The molecule has 0 aromatic carbocycles. The Morgan fingerprint density at radius 1 is 1.42 bits per heavy atom. The average Bonchev–Trinajstić information content (AvgIpc) is 2.27. The summed E-state index contributed by atoms with van der Waals surface area (Å²) in [5, 5.41) is 2.55. The largest absolute Gasteiger partial charge is 0.458 e. The zero-order valence-corrected chi connectivity index (χ0v) is 12.9. The Bertz CT molecular complexity index is 483. The molecular weight excluding hydrogens is 312 g/mol. The summed E-state index contributed by atoms with van der Waals surface area (Å²) in [7, 11) is 0. The van der Waals surface area contributed by atoms with E-state index in [4.69, 9.17) is 4.74 Å². The third kappa shape index (κ3) is 4.98. The van der Waals surface area contributed by atoms with Crippen LogP contribution in [0.25, 0.3) is 0 Å². The monoisotopic (exact) mass is 328 g/mol. The molecule has 1 aromatic heterocycles. The lowest BCUT2D eigenvalue weighted by atomic mass is 10.2. The van der Waals surface area contributed by atoms with Crippen molar-refractivity contribution in [2.24, 2.45) is 0 Å². The highest BCUT2D eigenvalue weighted by atomic mass is 79.9. The van der Waals surface area contributed by atoms with E-state index >= 15 is 0 Å². The number of hydrogen-bond acceptors (Lipinski definition) is 4. The normalized spacial score (nSPS) is 12.7. The zero-order valence-electron chi connectivity index (χ0n) is 11.4. The average molecular weight is 329 g/mol. The van der Waals surface area contributed by atoms with Crippen LogP contribution in [0.5, 0.6) is 0 Å². The van der Waals surface area contributed by atoms with Crippen LogP contribution in [0.2, 0.25) is 0 Å². The lowest BCUT2D eigenvalue weighted by Gasteiger charge is -2.22. The molecule has 0 saturated heterocycles. The minimum atomic E-state index is -0.736. The highest BCUT2D eigenvalue weighted by Gasteiger charge is 2.24. The quantitative estimate of drug-likeness (QED) is 0.864. The smallest absolute Gasteiger partial charge is 0.328 e. The van der Waals surface area contributed by atoms with Gasteiger partial charge in [-0.25, -0.2) is 9.78 Å². The number of esters is 1. The van der Waals surface area contributed by atoms with Crippen molar-refractivity contribution in [3.05, 3.63) is 28.5 Å². The van der Waals surface area contributed by atoms with Gasteiger partial charge in [0, 0.05) is 10.7 Å². The molecule has 104 valence electrons. The van der Waals surface area contributed by atoms with Crippen molar-refractivity contribution in [2.45, 2.75) is 39.3 Å². The van der Waals surface area contributed by atoms with E-state index < -0.39 is 23.5 Å². The lowest BCUT2D eigenvalue weighted by Crippen LogP contribution is -2.42. The molecule has 1 aromatic rings. The van der Waals surface area contributed by atoms with Crippen molar-refractivity contribution in [3.8, 4) is 0 Å². The number of nitrogens with one attached hydrogen (secondary N) is 1. The highest BCUT2D eigenvalue weighted by Crippen LogP contribution is 2.13. The van der Waals surface area contributed by atoms with Gasteiger partial charge in [0.15, 0.2) is 0 Å². The fraction of sp³-hybridized carbons (Fsp3) is 0.462. The molecule has 0 bridgehead atoms. The van der Waals surface area contributed by atoms with Crippen LogP contribution in [0.3, 0.4) is 0 Å². The summed E-state index contributed by atoms with van der Waals surface area (Å²) in [4.78, 5) is 27.6. The number of aromatic nitrogens is 1. The van der Waals surface area contributed by atoms with Gasteiger partial charge in [-0.2, -0.15) is 0 Å². The van der Waals surface area contributed by atoms with Gasteiger partial charge in [-0.3, -0.25) is 4.79 Å². The minimum Gasteiger partial charge on any atom is -0.458 e. The fourth-order valence-electron chi connectivity index (χ4n) is 1.27. The Kier molecular flexibility index (Phi) is 5.05. The van der Waals surface area contributed by atoms with Gasteiger partial charge in [0.05, 0.1) is 0 Å². The molecule has 1 N–H and O–H groups in total. The highest BCUT2D eigenvalue weighted by molar-refractivity contribution is 9.10. The summed E-state index contributed by atoms with van der Waals surface area (Å²) in [5.41, 5.74) is -0.348. The molecule has 0 aliphatic rings. The molecular formula is C13H17BrN2O3. The van der Waals surface area contributed by atoms with Gasteiger partial charge in [-0.05, 0) is 55.8 Å². The van der Waals surface area contributed by atoms with Crippen molar-refractivity contribution >= 4 is 27.8 Å². The number of amides is 1. The maximum atomic E-state index is 11.9. The van der Waals surface area contributed by atoms with Crippen LogP contribution >= 0.6 is 15.9 Å². The van der Waals surface area contributed by atoms with Gasteiger partial charge in [-0.15, -0.1) is 0 Å². The topological polar surface area (TPSA) is 68.3 Å². The van der Waals surface area contributed by atoms with E-state index in [0.717, 1.165) is 0 Å². The van der Waals surface area contributed by atoms with Crippen LogP contribution < -0.4 is 5.32 Å². The Balaban J connectivity index is 2.67. The third-order valence-corrected chi connectivity index (χ3v) is 2.72. The van der Waals surface area contributed by atoms with Gasteiger partial charge < -0.3 is 10.1 Å². The molecule has 0 aliphatic heterocycles. The van der Waals surface area contributed by atoms with Crippen LogP contribution in [-0.4, -0.2) is 28.5 Å². The van der Waals surface area contributed by atoms with Crippen molar-refractivity contribution in [1.29, 1.82) is 0 Å². The number of carbonyl (C=O) groups is 2. The van der Waals surface area contributed by atoms with E-state index in [0.29, 0.717) is 4.47 Å². The Labute approximate surface area is 120 Å². The first kappa shape index (κ1) is 15.6. The van der Waals surface area contributed by atoms with Crippen molar-refractivity contribution in [3.63, 3.8) is 0 Å². The second kappa shape index (κ2) is 6.14. The lowest BCUT2D eigenvalue weighted by molar-refractivity contribution is -0.156. The van der Waals surface area contributed by atoms with E-state index in [-0.39, 0.29) is 5.69 Å². The van der Waals surface area contributed by atoms with Crippen molar-refractivity contribution in [1.82, 2.24) is 10.3 Å². The van der Waals surface area contributed by atoms with E-state index in [1.807, 2.05) is 0 Å². The standard InChI is InChI=1S/C13H17BrN2O3/c1-8(12(18)19-13(2,3)4)16-11(17)10-9(14)6-5-7-15-10/h5-8H,1-4H3,(H,16,17)/t8-/m0/s1. The molecule has 19 heavy (non-hydrogen) atoms. The van der Waals surface area contributed by atoms with E-state index in [1.54, 1.807) is 39.8 Å². The molecule has 1 rings (SSSR count). The van der Waals surface area contributed by atoms with Gasteiger partial charge in [-0.1, -0.05) is 0 Å². The summed E-state index contributed by atoms with van der Waals surface area (Å²) in [6.45, 7) is 6.89. The van der Waals surface area contributed by atoms with Gasteiger partial charge in [0.25, 0.3) is 5.91 Å². The number of nitrogens with zero attached hydrogens (tertiary/aromatic N) is 1. The summed E-state index contributed by atoms with van der Waals surface area (Å²) in [5.74, 6) is -0.904. The number of halogens is 1. The zero-order chi connectivity index (χ0) is 14.6. The van der Waals surface area contributed by atoms with E-state index in [9.17, 15) is 9.59 Å². The number of hydrogen-bond donors (Lipinski definition) is 1. The maximum Gasteiger partial charge on any atom is 0.328 e. The van der Waals surface area contributed by atoms with Crippen LogP contribution in [0, 0.1) is 0 Å². The predicted octanol–water partition coefficient (Wildman–Crippen LogP) is 2.30. The first-order chi connectivity index (χ1) is 8.70. The maximum absolute atomic E-state index is 11.9. The summed E-state index contributed by atoms with van der Waals surface area (Å²) in [6.07, 6.45) is 1.51. The van der Waals surface area contributed by atoms with Crippen molar-refractivity contribution in [2.75, 3.05) is 0 Å². The molecule has 0 aliphatic carbocycles. The number of rotatable bonds is 3. The van der Waals surface area contributed by atoms with Gasteiger partial charge in [0.2, 0.25) is 0 Å². The second-order valence-electron chi connectivity index (χ2n) is 5.06. The molecule has 6 heteroatoms. The first-order valence-corrected chi connectivity index (χ1v) is 6.64. The third-order valence-electron chi connectivity index (χ3n) is 2.08. The Morgan fingerprint density at radius 2 is 2.05 bits per heavy atom. The molecule has 1 amide bonds. The Hall–Kier alpha value is -1.43. The molecule has 0 spiro atoms. The number of carbonyl (C=O) groups excluding carboxylic acids is 2. The molecule has 0 radical (unpaired) electrons. The fourth-order valence-corrected chi connectivity index (χ4v) is 1.70. The van der Waals surface area contributed by atoms with Gasteiger partial charge >= 0.3 is 5.97 Å². The summed E-state index contributed by atoms with van der Waals surface area (Å²) >= 11 is 3.23. The summed E-state index contributed by atoms with van der Waals surface area (Å²) in [6, 6.07) is 2.68. The van der Waals surface area contributed by atoms with Crippen LogP contribution in [-0.2, 0) is 9.53 Å². The van der Waals surface area contributed by atoms with Gasteiger partial charge in [0.1, 0.15) is 17.3 Å². The van der Waals surface area contributed by atoms with Crippen molar-refractivity contribution < 1.29 is 14.3 Å². The Morgan fingerprint density at radius 3 is 2.58 bits per heavy atom. The van der Waals surface area contributed by atoms with Crippen LogP contribution in [0.4, 0.5) is 0 Å². The predicted molar refractivity (Wildman–Crippen MR) is 74.7 cm³/mol. The number of pyridine rings is 1. The number of ether oxygens (including phenoxy) is 1.